The number of nitrogens with two attached hydrogens (primary N) is 1. The van der Waals surface area contributed by atoms with E-state index in [1.807, 2.05) is 12.1 Å². The maximum Gasteiger partial charge on any atom is 0.255 e. The number of halogens is 1. The van der Waals surface area contributed by atoms with E-state index in [4.69, 9.17) is 26.8 Å². The number of ether oxygens (including phenoxy) is 2. The number of methoxy groups -OCH3 is 1. The SMILES string of the molecule is COc1cc(CNCC2CC=CCC2)cc(Cl)c1OCC(N)=O. The Morgan fingerprint density at radius 1 is 1.43 bits per heavy atom. The lowest BCUT2D eigenvalue weighted by Gasteiger charge is -2.18. The van der Waals surface area contributed by atoms with Crippen LogP contribution >= 0.6 is 11.6 Å². The van der Waals surface area contributed by atoms with Gasteiger partial charge in [0.1, 0.15) is 0 Å². The number of allylic oxidation sites excluding steroid dienone is 2. The molecule has 0 radical (unpaired) electrons. The van der Waals surface area contributed by atoms with Gasteiger partial charge in [0.05, 0.1) is 12.1 Å². The van der Waals surface area contributed by atoms with Gasteiger partial charge in [0, 0.05) is 6.54 Å². The van der Waals surface area contributed by atoms with Crippen LogP contribution in [0.25, 0.3) is 0 Å². The molecule has 0 heterocycles. The number of carbonyl (C=O) groups is 1. The van der Waals surface area contributed by atoms with Crippen molar-refractivity contribution in [2.45, 2.75) is 25.8 Å². The maximum absolute atomic E-state index is 10.8. The Labute approximate surface area is 141 Å². The molecule has 6 heteroatoms. The van der Waals surface area contributed by atoms with Crippen molar-refractivity contribution >= 4 is 17.5 Å². The van der Waals surface area contributed by atoms with Gasteiger partial charge in [-0.1, -0.05) is 23.8 Å². The van der Waals surface area contributed by atoms with Crippen molar-refractivity contribution in [1.29, 1.82) is 0 Å². The van der Waals surface area contributed by atoms with Crippen molar-refractivity contribution in [2.24, 2.45) is 11.7 Å². The summed E-state index contributed by atoms with van der Waals surface area (Å²) in [6.07, 6.45) is 8.02. The smallest absolute Gasteiger partial charge is 0.255 e. The summed E-state index contributed by atoms with van der Waals surface area (Å²) in [5, 5.41) is 3.86. The number of amides is 1. The maximum atomic E-state index is 10.8. The molecule has 2 rings (SSSR count). The summed E-state index contributed by atoms with van der Waals surface area (Å²) in [7, 11) is 1.54. The van der Waals surface area contributed by atoms with E-state index in [9.17, 15) is 4.79 Å². The first kappa shape index (κ1) is 17.6. The highest BCUT2D eigenvalue weighted by molar-refractivity contribution is 6.32. The molecule has 1 amide bonds. The summed E-state index contributed by atoms with van der Waals surface area (Å²) in [6, 6.07) is 3.67. The first-order chi connectivity index (χ1) is 11.1. The first-order valence-corrected chi connectivity index (χ1v) is 8.11. The van der Waals surface area contributed by atoms with Gasteiger partial charge in [-0.25, -0.2) is 0 Å². The Hall–Kier alpha value is -1.72. The first-order valence-electron chi connectivity index (χ1n) is 7.73. The van der Waals surface area contributed by atoms with Gasteiger partial charge < -0.3 is 20.5 Å². The van der Waals surface area contributed by atoms with Crippen LogP contribution in [0.1, 0.15) is 24.8 Å². The molecule has 1 atom stereocenters. The molecule has 1 aliphatic rings. The quantitative estimate of drug-likeness (QED) is 0.715. The summed E-state index contributed by atoms with van der Waals surface area (Å²) in [4.78, 5) is 10.8. The molecule has 3 N–H and O–H groups in total. The Balaban J connectivity index is 1.95. The zero-order valence-electron chi connectivity index (χ0n) is 13.3. The molecule has 0 saturated carbocycles. The van der Waals surface area contributed by atoms with Crippen LogP contribution in [-0.4, -0.2) is 26.2 Å². The van der Waals surface area contributed by atoms with E-state index in [2.05, 4.69) is 17.5 Å². The van der Waals surface area contributed by atoms with Crippen LogP contribution in [0.2, 0.25) is 5.02 Å². The second kappa shape index (κ2) is 8.79. The number of hydrogen-bond acceptors (Lipinski definition) is 4. The minimum absolute atomic E-state index is 0.233. The van der Waals surface area contributed by atoms with Gasteiger partial charge in [0.2, 0.25) is 0 Å². The zero-order chi connectivity index (χ0) is 16.7. The lowest BCUT2D eigenvalue weighted by molar-refractivity contribution is -0.119. The summed E-state index contributed by atoms with van der Waals surface area (Å²) >= 11 is 6.23. The zero-order valence-corrected chi connectivity index (χ0v) is 14.1. The van der Waals surface area contributed by atoms with E-state index < -0.39 is 5.91 Å². The standard InChI is InChI=1S/C17H23ClN2O3/c1-22-15-8-13(7-14(18)17(15)23-11-16(19)21)10-20-9-12-5-3-2-4-6-12/h2-3,7-8,12,20H,4-6,9-11H2,1H3,(H2,19,21). The molecular weight excluding hydrogens is 316 g/mol. The highest BCUT2D eigenvalue weighted by Gasteiger charge is 2.14. The Kier molecular flexibility index (Phi) is 6.74. The van der Waals surface area contributed by atoms with E-state index in [1.165, 1.54) is 13.5 Å². The molecule has 0 aliphatic heterocycles. The van der Waals surface area contributed by atoms with E-state index in [-0.39, 0.29) is 6.61 Å². The van der Waals surface area contributed by atoms with E-state index in [1.54, 1.807) is 0 Å². The van der Waals surface area contributed by atoms with Crippen molar-refractivity contribution in [3.63, 3.8) is 0 Å². The molecule has 1 aromatic rings. The molecule has 0 aromatic heterocycles. The molecular formula is C17H23ClN2O3. The van der Waals surface area contributed by atoms with Crippen molar-refractivity contribution in [3.05, 3.63) is 34.9 Å². The van der Waals surface area contributed by atoms with Crippen LogP contribution in [0.4, 0.5) is 0 Å². The summed E-state index contributed by atoms with van der Waals surface area (Å²) in [5.41, 5.74) is 6.09. The van der Waals surface area contributed by atoms with Crippen LogP contribution in [0, 0.1) is 5.92 Å². The fourth-order valence-corrected chi connectivity index (χ4v) is 2.91. The topological polar surface area (TPSA) is 73.6 Å². The average molecular weight is 339 g/mol. The minimum Gasteiger partial charge on any atom is -0.493 e. The number of nitrogens with one attached hydrogen (secondary N) is 1. The van der Waals surface area contributed by atoms with Gasteiger partial charge in [-0.05, 0) is 49.4 Å². The molecule has 0 bridgehead atoms. The molecule has 0 saturated heterocycles. The molecule has 1 unspecified atom stereocenters. The summed E-state index contributed by atoms with van der Waals surface area (Å²) < 4.78 is 10.6. The lowest BCUT2D eigenvalue weighted by atomic mass is 9.94. The predicted octanol–water partition coefficient (Wildman–Crippen LogP) is 2.66. The number of benzene rings is 1. The second-order valence-electron chi connectivity index (χ2n) is 5.65. The second-order valence-corrected chi connectivity index (χ2v) is 6.05. The Morgan fingerprint density at radius 3 is 2.91 bits per heavy atom. The van der Waals surface area contributed by atoms with Crippen molar-refractivity contribution in [1.82, 2.24) is 5.32 Å². The molecule has 1 aromatic carbocycles. The molecule has 0 fully saturated rings. The Bertz CT molecular complexity index is 575. The molecule has 0 spiro atoms. The third-order valence-electron chi connectivity index (χ3n) is 3.79. The molecule has 1 aliphatic carbocycles. The van der Waals surface area contributed by atoms with Gasteiger partial charge in [-0.3, -0.25) is 4.79 Å². The van der Waals surface area contributed by atoms with Gasteiger partial charge in [0.25, 0.3) is 5.91 Å². The van der Waals surface area contributed by atoms with E-state index in [0.29, 0.717) is 29.0 Å². The summed E-state index contributed by atoms with van der Waals surface area (Å²) in [5.74, 6) is 0.969. The third kappa shape index (κ3) is 5.44. The molecule has 126 valence electrons. The highest BCUT2D eigenvalue weighted by atomic mass is 35.5. The molecule has 5 nitrogen and oxygen atoms in total. The number of primary amides is 1. The largest absolute Gasteiger partial charge is 0.493 e. The van der Waals surface area contributed by atoms with Gasteiger partial charge in [0.15, 0.2) is 18.1 Å². The van der Waals surface area contributed by atoms with Crippen LogP contribution in [0.5, 0.6) is 11.5 Å². The van der Waals surface area contributed by atoms with Crippen LogP contribution < -0.4 is 20.5 Å². The fourth-order valence-electron chi connectivity index (χ4n) is 2.62. The lowest BCUT2D eigenvalue weighted by Crippen LogP contribution is -2.23. The third-order valence-corrected chi connectivity index (χ3v) is 4.07. The number of rotatable bonds is 8. The van der Waals surface area contributed by atoms with Crippen molar-refractivity contribution in [3.8, 4) is 11.5 Å². The van der Waals surface area contributed by atoms with Gasteiger partial charge in [-0.15, -0.1) is 0 Å². The van der Waals surface area contributed by atoms with E-state index >= 15 is 0 Å². The van der Waals surface area contributed by atoms with Crippen molar-refractivity contribution < 1.29 is 14.3 Å². The normalized spacial score (nSPS) is 17.0. The van der Waals surface area contributed by atoms with Crippen molar-refractivity contribution in [2.75, 3.05) is 20.3 Å². The van der Waals surface area contributed by atoms with Gasteiger partial charge in [-0.2, -0.15) is 0 Å². The molecule has 23 heavy (non-hydrogen) atoms. The fraction of sp³-hybridized carbons (Fsp3) is 0.471. The minimum atomic E-state index is -0.560. The average Bonchev–Trinajstić information content (AvgIpc) is 2.54. The number of hydrogen-bond donors (Lipinski definition) is 2. The van der Waals surface area contributed by atoms with E-state index in [0.717, 1.165) is 24.9 Å². The van der Waals surface area contributed by atoms with Crippen LogP contribution in [-0.2, 0) is 11.3 Å². The number of carbonyl (C=O) groups excluding carboxylic acids is 1. The Morgan fingerprint density at radius 2 is 2.26 bits per heavy atom. The van der Waals surface area contributed by atoms with Crippen LogP contribution in [0.15, 0.2) is 24.3 Å². The van der Waals surface area contributed by atoms with Crippen LogP contribution in [0.3, 0.4) is 0 Å². The predicted molar refractivity (Wildman–Crippen MR) is 90.9 cm³/mol. The monoisotopic (exact) mass is 338 g/mol. The van der Waals surface area contributed by atoms with Gasteiger partial charge >= 0.3 is 0 Å². The highest BCUT2D eigenvalue weighted by Crippen LogP contribution is 2.36. The summed E-state index contributed by atoms with van der Waals surface area (Å²) in [6.45, 7) is 1.44.